The smallest absolute Gasteiger partial charge is 0.296 e. The SMILES string of the molecule is CC(C)Oc1ccc(/C(O)=C2/C(=O)C(=O)N(Cc3ccccn3)C2c2cccc(Oc3ccccc3)c2)cc1. The monoisotopic (exact) mass is 520 g/mol. The quantitative estimate of drug-likeness (QED) is 0.167. The maximum Gasteiger partial charge on any atom is 0.296 e. The van der Waals surface area contributed by atoms with Crippen LogP contribution < -0.4 is 9.47 Å². The van der Waals surface area contributed by atoms with Gasteiger partial charge in [-0.1, -0.05) is 36.4 Å². The van der Waals surface area contributed by atoms with Crippen LogP contribution in [-0.2, 0) is 16.1 Å². The second kappa shape index (κ2) is 11.2. The van der Waals surface area contributed by atoms with E-state index in [2.05, 4.69) is 4.98 Å². The van der Waals surface area contributed by atoms with Gasteiger partial charge in [0.15, 0.2) is 0 Å². The fraction of sp³-hybridized carbons (Fsp3) is 0.156. The molecule has 1 unspecified atom stereocenters. The van der Waals surface area contributed by atoms with E-state index in [1.807, 2.05) is 56.3 Å². The molecule has 196 valence electrons. The van der Waals surface area contributed by atoms with Crippen molar-refractivity contribution in [3.8, 4) is 17.2 Å². The number of aliphatic hydroxyl groups excluding tert-OH is 1. The zero-order chi connectivity index (χ0) is 27.4. The second-order valence-corrected chi connectivity index (χ2v) is 9.43. The van der Waals surface area contributed by atoms with Gasteiger partial charge in [-0.3, -0.25) is 14.6 Å². The Hall–Kier alpha value is -4.91. The van der Waals surface area contributed by atoms with E-state index in [4.69, 9.17) is 9.47 Å². The molecule has 0 bridgehead atoms. The number of aromatic nitrogens is 1. The highest BCUT2D eigenvalue weighted by Gasteiger charge is 2.46. The molecule has 0 aliphatic carbocycles. The summed E-state index contributed by atoms with van der Waals surface area (Å²) in [5.41, 5.74) is 1.66. The van der Waals surface area contributed by atoms with Crippen molar-refractivity contribution in [2.24, 2.45) is 0 Å². The van der Waals surface area contributed by atoms with Gasteiger partial charge in [0.1, 0.15) is 23.0 Å². The van der Waals surface area contributed by atoms with E-state index in [9.17, 15) is 14.7 Å². The van der Waals surface area contributed by atoms with E-state index < -0.39 is 17.7 Å². The summed E-state index contributed by atoms with van der Waals surface area (Å²) in [5, 5.41) is 11.4. The number of nitrogens with zero attached hydrogens (tertiary/aromatic N) is 2. The predicted molar refractivity (Wildman–Crippen MR) is 147 cm³/mol. The first-order valence-electron chi connectivity index (χ1n) is 12.7. The Bertz CT molecular complexity index is 1500. The molecule has 1 aromatic heterocycles. The van der Waals surface area contributed by atoms with Crippen molar-refractivity contribution in [3.63, 3.8) is 0 Å². The summed E-state index contributed by atoms with van der Waals surface area (Å²) in [7, 11) is 0. The van der Waals surface area contributed by atoms with Crippen LogP contribution in [0.2, 0.25) is 0 Å². The van der Waals surface area contributed by atoms with Crippen LogP contribution >= 0.6 is 0 Å². The fourth-order valence-corrected chi connectivity index (χ4v) is 4.55. The highest BCUT2D eigenvalue weighted by Crippen LogP contribution is 2.41. The fourth-order valence-electron chi connectivity index (χ4n) is 4.55. The summed E-state index contributed by atoms with van der Waals surface area (Å²) >= 11 is 0. The standard InChI is InChI=1S/C32H28N2O5/c1-21(2)38-26-16-14-22(15-17-26)30(35)28-29(34(32(37)31(28)36)20-24-10-6-7-18-33-24)23-9-8-13-27(19-23)39-25-11-4-3-5-12-25/h3-19,21,29,35H,20H2,1-2H3/b30-28-. The molecule has 0 radical (unpaired) electrons. The summed E-state index contributed by atoms with van der Waals surface area (Å²) in [4.78, 5) is 32.5. The van der Waals surface area contributed by atoms with Crippen LogP contribution in [0.3, 0.4) is 0 Å². The average Bonchev–Trinajstić information content (AvgIpc) is 3.19. The largest absolute Gasteiger partial charge is 0.507 e. The van der Waals surface area contributed by atoms with Crippen molar-refractivity contribution in [2.45, 2.75) is 32.5 Å². The van der Waals surface area contributed by atoms with Crippen LogP contribution in [-0.4, -0.2) is 32.8 Å². The van der Waals surface area contributed by atoms with Crippen LogP contribution in [0.15, 0.2) is 109 Å². The third kappa shape index (κ3) is 5.67. The molecule has 7 nitrogen and oxygen atoms in total. The van der Waals surface area contributed by atoms with E-state index in [1.165, 1.54) is 4.90 Å². The van der Waals surface area contributed by atoms with Gasteiger partial charge in [-0.2, -0.15) is 0 Å². The van der Waals surface area contributed by atoms with Gasteiger partial charge >= 0.3 is 0 Å². The van der Waals surface area contributed by atoms with E-state index in [-0.39, 0.29) is 24.0 Å². The topological polar surface area (TPSA) is 89.0 Å². The maximum absolute atomic E-state index is 13.4. The summed E-state index contributed by atoms with van der Waals surface area (Å²) in [6, 6.07) is 27.9. The Morgan fingerprint density at radius 3 is 2.28 bits per heavy atom. The zero-order valence-electron chi connectivity index (χ0n) is 21.7. The number of pyridine rings is 1. The van der Waals surface area contributed by atoms with E-state index in [0.29, 0.717) is 34.1 Å². The Morgan fingerprint density at radius 2 is 1.59 bits per heavy atom. The van der Waals surface area contributed by atoms with Crippen LogP contribution in [0.25, 0.3) is 5.76 Å². The lowest BCUT2D eigenvalue weighted by molar-refractivity contribution is -0.140. The van der Waals surface area contributed by atoms with Crippen LogP contribution in [0.5, 0.6) is 17.2 Å². The van der Waals surface area contributed by atoms with Crippen molar-refractivity contribution >= 4 is 17.4 Å². The number of ether oxygens (including phenoxy) is 2. The predicted octanol–water partition coefficient (Wildman–Crippen LogP) is 6.28. The molecular weight excluding hydrogens is 492 g/mol. The van der Waals surface area contributed by atoms with Crippen molar-refractivity contribution in [2.75, 3.05) is 0 Å². The Morgan fingerprint density at radius 1 is 0.872 bits per heavy atom. The van der Waals surface area contributed by atoms with Crippen LogP contribution in [0.4, 0.5) is 0 Å². The van der Waals surface area contributed by atoms with Gasteiger partial charge in [0, 0.05) is 11.8 Å². The number of hydrogen-bond acceptors (Lipinski definition) is 6. The molecule has 0 saturated carbocycles. The average molecular weight is 521 g/mol. The lowest BCUT2D eigenvalue weighted by Gasteiger charge is -2.25. The molecule has 1 amide bonds. The number of aliphatic hydroxyl groups is 1. The van der Waals surface area contributed by atoms with Gasteiger partial charge in [0.2, 0.25) is 0 Å². The van der Waals surface area contributed by atoms with Gasteiger partial charge in [-0.25, -0.2) is 0 Å². The molecule has 2 heterocycles. The lowest BCUT2D eigenvalue weighted by Crippen LogP contribution is -2.29. The normalized spacial score (nSPS) is 16.5. The van der Waals surface area contributed by atoms with Crippen LogP contribution in [0, 0.1) is 0 Å². The molecule has 0 spiro atoms. The molecule has 39 heavy (non-hydrogen) atoms. The molecule has 1 fully saturated rings. The number of hydrogen-bond donors (Lipinski definition) is 1. The zero-order valence-corrected chi connectivity index (χ0v) is 21.7. The highest BCUT2D eigenvalue weighted by molar-refractivity contribution is 6.46. The molecule has 3 aromatic carbocycles. The number of ketones is 1. The minimum absolute atomic E-state index is 0.00493. The molecule has 1 N–H and O–H groups in total. The first-order chi connectivity index (χ1) is 18.9. The number of rotatable bonds is 8. The highest BCUT2D eigenvalue weighted by atomic mass is 16.5. The van der Waals surface area contributed by atoms with E-state index in [1.54, 1.807) is 60.8 Å². The van der Waals surface area contributed by atoms with Gasteiger partial charge in [0.25, 0.3) is 11.7 Å². The molecule has 7 heteroatoms. The van der Waals surface area contributed by atoms with Crippen molar-refractivity contribution in [1.82, 2.24) is 9.88 Å². The van der Waals surface area contributed by atoms with Gasteiger partial charge in [0.05, 0.1) is 30.0 Å². The summed E-state index contributed by atoms with van der Waals surface area (Å²) in [5.74, 6) is 0.108. The Kier molecular flexibility index (Phi) is 7.41. The number of likely N-dealkylation sites (tertiary alicyclic amines) is 1. The Labute approximate surface area is 227 Å². The molecule has 4 aromatic rings. The number of benzene rings is 3. The Balaban J connectivity index is 1.58. The van der Waals surface area contributed by atoms with Gasteiger partial charge < -0.3 is 19.5 Å². The third-order valence-electron chi connectivity index (χ3n) is 6.25. The lowest BCUT2D eigenvalue weighted by atomic mass is 9.95. The third-order valence-corrected chi connectivity index (χ3v) is 6.25. The van der Waals surface area contributed by atoms with Gasteiger partial charge in [-0.15, -0.1) is 0 Å². The first kappa shape index (κ1) is 25.7. The van der Waals surface area contributed by atoms with E-state index in [0.717, 1.165) is 0 Å². The molecule has 1 saturated heterocycles. The molecule has 1 aliphatic rings. The summed E-state index contributed by atoms with van der Waals surface area (Å²) in [6.45, 7) is 3.94. The van der Waals surface area contributed by atoms with Crippen LogP contribution in [0.1, 0.15) is 36.7 Å². The molecule has 5 rings (SSSR count). The number of carbonyl (C=O) groups excluding carboxylic acids is 2. The molecule has 1 atom stereocenters. The van der Waals surface area contributed by atoms with Crippen molar-refractivity contribution < 1.29 is 24.2 Å². The summed E-state index contributed by atoms with van der Waals surface area (Å²) in [6.07, 6.45) is 1.63. The number of Topliss-reactive ketones (excluding diaryl/α,β-unsaturated/α-hetero) is 1. The number of carbonyl (C=O) groups is 2. The van der Waals surface area contributed by atoms with Gasteiger partial charge in [-0.05, 0) is 80.1 Å². The molecular formula is C32H28N2O5. The van der Waals surface area contributed by atoms with E-state index >= 15 is 0 Å². The molecule has 1 aliphatic heterocycles. The maximum atomic E-state index is 13.4. The van der Waals surface area contributed by atoms with Crippen molar-refractivity contribution in [3.05, 3.63) is 126 Å². The first-order valence-corrected chi connectivity index (χ1v) is 12.7. The minimum atomic E-state index is -0.849. The minimum Gasteiger partial charge on any atom is -0.507 e. The number of amides is 1. The number of para-hydroxylation sites is 1. The van der Waals surface area contributed by atoms with Crippen molar-refractivity contribution in [1.29, 1.82) is 0 Å². The summed E-state index contributed by atoms with van der Waals surface area (Å²) < 4.78 is 11.7. The second-order valence-electron chi connectivity index (χ2n) is 9.43.